The van der Waals surface area contributed by atoms with Gasteiger partial charge in [-0.3, -0.25) is 4.79 Å². The second-order valence-corrected chi connectivity index (χ2v) is 8.35. The maximum Gasteiger partial charge on any atom is 0.243 e. The Balaban J connectivity index is 0.00000225. The SMILES string of the molecule is Cl.O=C(Cc1ccc(S(=O)(=O)N2CCCCC2)cc1)N1CCNCC1. The molecule has 140 valence electrons. The molecular formula is C17H26ClN3O3S. The molecule has 0 aromatic heterocycles. The van der Waals surface area contributed by atoms with Crippen LogP contribution >= 0.6 is 12.4 Å². The molecule has 3 rings (SSSR count). The monoisotopic (exact) mass is 387 g/mol. The van der Waals surface area contributed by atoms with Crippen LogP contribution in [0.2, 0.25) is 0 Å². The number of benzene rings is 1. The molecule has 1 aromatic rings. The van der Waals surface area contributed by atoms with Crippen molar-refractivity contribution >= 4 is 28.3 Å². The third-order valence-electron chi connectivity index (χ3n) is 4.70. The Morgan fingerprint density at radius 3 is 2.16 bits per heavy atom. The van der Waals surface area contributed by atoms with Gasteiger partial charge in [-0.1, -0.05) is 18.6 Å². The smallest absolute Gasteiger partial charge is 0.243 e. The van der Waals surface area contributed by atoms with E-state index in [1.165, 1.54) is 0 Å². The van der Waals surface area contributed by atoms with E-state index < -0.39 is 10.0 Å². The standard InChI is InChI=1S/C17H25N3O3S.ClH/c21-17(19-12-8-18-9-13-19)14-15-4-6-16(7-5-15)24(22,23)20-10-2-1-3-11-20;/h4-7,18H,1-3,8-14H2;1H. The lowest BCUT2D eigenvalue weighted by molar-refractivity contribution is -0.131. The van der Waals surface area contributed by atoms with Gasteiger partial charge in [-0.15, -0.1) is 12.4 Å². The van der Waals surface area contributed by atoms with Crippen molar-refractivity contribution in [3.63, 3.8) is 0 Å². The number of piperazine rings is 1. The van der Waals surface area contributed by atoms with E-state index in [-0.39, 0.29) is 18.3 Å². The quantitative estimate of drug-likeness (QED) is 0.844. The Morgan fingerprint density at radius 2 is 1.56 bits per heavy atom. The molecule has 2 fully saturated rings. The zero-order valence-corrected chi connectivity index (χ0v) is 15.9. The maximum absolute atomic E-state index is 12.6. The fraction of sp³-hybridized carbons (Fsp3) is 0.588. The molecule has 2 aliphatic rings. The van der Waals surface area contributed by atoms with Crippen molar-refractivity contribution in [3.8, 4) is 0 Å². The van der Waals surface area contributed by atoms with Crippen molar-refractivity contribution in [1.29, 1.82) is 0 Å². The van der Waals surface area contributed by atoms with Crippen LogP contribution in [-0.2, 0) is 21.2 Å². The fourth-order valence-corrected chi connectivity index (χ4v) is 4.75. The Bertz CT molecular complexity index is 667. The molecule has 25 heavy (non-hydrogen) atoms. The van der Waals surface area contributed by atoms with E-state index in [2.05, 4.69) is 5.32 Å². The van der Waals surface area contributed by atoms with Crippen LogP contribution in [0.3, 0.4) is 0 Å². The molecular weight excluding hydrogens is 362 g/mol. The molecule has 1 amide bonds. The van der Waals surface area contributed by atoms with Crippen LogP contribution in [0.1, 0.15) is 24.8 Å². The number of rotatable bonds is 4. The Labute approximate surface area is 156 Å². The number of carbonyl (C=O) groups excluding carboxylic acids is 1. The van der Waals surface area contributed by atoms with Crippen molar-refractivity contribution in [1.82, 2.24) is 14.5 Å². The highest BCUT2D eigenvalue weighted by Crippen LogP contribution is 2.21. The summed E-state index contributed by atoms with van der Waals surface area (Å²) in [6.45, 7) is 4.34. The van der Waals surface area contributed by atoms with Crippen LogP contribution in [0.15, 0.2) is 29.2 Å². The van der Waals surface area contributed by atoms with Gasteiger partial charge in [0.2, 0.25) is 15.9 Å². The third-order valence-corrected chi connectivity index (χ3v) is 6.61. The summed E-state index contributed by atoms with van der Waals surface area (Å²) in [7, 11) is -3.40. The first-order valence-electron chi connectivity index (χ1n) is 8.65. The van der Waals surface area contributed by atoms with Crippen molar-refractivity contribution in [2.75, 3.05) is 39.3 Å². The predicted molar refractivity (Wildman–Crippen MR) is 99.5 cm³/mol. The van der Waals surface area contributed by atoms with E-state index in [1.54, 1.807) is 28.6 Å². The summed E-state index contributed by atoms with van der Waals surface area (Å²) < 4.78 is 26.8. The molecule has 0 atom stereocenters. The zero-order chi connectivity index (χ0) is 17.0. The van der Waals surface area contributed by atoms with Gasteiger partial charge in [0.15, 0.2) is 0 Å². The van der Waals surface area contributed by atoms with Gasteiger partial charge < -0.3 is 10.2 Å². The number of hydrogen-bond donors (Lipinski definition) is 1. The number of carbonyl (C=O) groups is 1. The molecule has 1 N–H and O–H groups in total. The highest BCUT2D eigenvalue weighted by molar-refractivity contribution is 7.89. The summed E-state index contributed by atoms with van der Waals surface area (Å²) in [5.74, 6) is 0.100. The lowest BCUT2D eigenvalue weighted by Gasteiger charge is -2.27. The molecule has 0 bridgehead atoms. The van der Waals surface area contributed by atoms with Crippen LogP contribution in [0, 0.1) is 0 Å². The molecule has 6 nitrogen and oxygen atoms in total. The summed E-state index contributed by atoms with van der Waals surface area (Å²) in [5.41, 5.74) is 0.858. The van der Waals surface area contributed by atoms with Gasteiger partial charge in [-0.05, 0) is 30.5 Å². The first-order valence-corrected chi connectivity index (χ1v) is 10.1. The minimum atomic E-state index is -3.40. The number of piperidine rings is 1. The Morgan fingerprint density at radius 1 is 0.960 bits per heavy atom. The average molecular weight is 388 g/mol. The zero-order valence-electron chi connectivity index (χ0n) is 14.3. The molecule has 0 spiro atoms. The summed E-state index contributed by atoms with van der Waals surface area (Å²) in [6.07, 6.45) is 3.27. The second kappa shape index (κ2) is 8.98. The van der Waals surface area contributed by atoms with Gasteiger partial charge in [0.05, 0.1) is 11.3 Å². The molecule has 2 aliphatic heterocycles. The molecule has 8 heteroatoms. The summed E-state index contributed by atoms with van der Waals surface area (Å²) in [5, 5.41) is 3.22. The minimum Gasteiger partial charge on any atom is -0.340 e. The largest absolute Gasteiger partial charge is 0.340 e. The molecule has 0 saturated carbocycles. The molecule has 0 radical (unpaired) electrons. The van der Waals surface area contributed by atoms with E-state index in [0.29, 0.717) is 24.4 Å². The number of nitrogens with one attached hydrogen (secondary N) is 1. The van der Waals surface area contributed by atoms with Crippen molar-refractivity contribution in [2.24, 2.45) is 0 Å². The van der Waals surface area contributed by atoms with E-state index >= 15 is 0 Å². The van der Waals surface area contributed by atoms with Crippen LogP contribution in [0.4, 0.5) is 0 Å². The van der Waals surface area contributed by atoms with E-state index in [0.717, 1.165) is 51.0 Å². The van der Waals surface area contributed by atoms with Crippen molar-refractivity contribution in [2.45, 2.75) is 30.6 Å². The highest BCUT2D eigenvalue weighted by Gasteiger charge is 2.25. The lowest BCUT2D eigenvalue weighted by Crippen LogP contribution is -2.46. The molecule has 0 aliphatic carbocycles. The number of sulfonamides is 1. The van der Waals surface area contributed by atoms with E-state index in [4.69, 9.17) is 0 Å². The summed E-state index contributed by atoms with van der Waals surface area (Å²) >= 11 is 0. The average Bonchev–Trinajstić information content (AvgIpc) is 2.63. The highest BCUT2D eigenvalue weighted by atomic mass is 35.5. The maximum atomic E-state index is 12.6. The van der Waals surface area contributed by atoms with Gasteiger partial charge >= 0.3 is 0 Å². The van der Waals surface area contributed by atoms with Gasteiger partial charge in [0.25, 0.3) is 0 Å². The van der Waals surface area contributed by atoms with Crippen LogP contribution in [-0.4, -0.2) is 62.8 Å². The number of hydrogen-bond acceptors (Lipinski definition) is 4. The topological polar surface area (TPSA) is 69.7 Å². The predicted octanol–water partition coefficient (Wildman–Crippen LogP) is 1.26. The van der Waals surface area contributed by atoms with E-state index in [9.17, 15) is 13.2 Å². The van der Waals surface area contributed by atoms with Crippen molar-refractivity contribution in [3.05, 3.63) is 29.8 Å². The molecule has 2 saturated heterocycles. The number of amides is 1. The Kier molecular flexibility index (Phi) is 7.25. The van der Waals surface area contributed by atoms with Crippen LogP contribution in [0.5, 0.6) is 0 Å². The normalized spacial score (nSPS) is 19.3. The number of nitrogens with zero attached hydrogens (tertiary/aromatic N) is 2. The summed E-state index contributed by atoms with van der Waals surface area (Å²) in [6, 6.07) is 6.78. The van der Waals surface area contributed by atoms with Crippen LogP contribution in [0.25, 0.3) is 0 Å². The minimum absolute atomic E-state index is 0. The van der Waals surface area contributed by atoms with Gasteiger partial charge in [0.1, 0.15) is 0 Å². The van der Waals surface area contributed by atoms with Gasteiger partial charge in [-0.25, -0.2) is 8.42 Å². The molecule has 0 unspecified atom stereocenters. The van der Waals surface area contributed by atoms with Crippen LogP contribution < -0.4 is 5.32 Å². The number of halogens is 1. The second-order valence-electron chi connectivity index (χ2n) is 6.42. The van der Waals surface area contributed by atoms with Gasteiger partial charge in [-0.2, -0.15) is 4.31 Å². The molecule has 2 heterocycles. The molecule has 1 aromatic carbocycles. The summed E-state index contributed by atoms with van der Waals surface area (Å²) in [4.78, 5) is 14.4. The third kappa shape index (κ3) is 4.94. The Hall–Kier alpha value is -1.15. The first kappa shape index (κ1) is 20.2. The first-order chi connectivity index (χ1) is 11.6. The lowest BCUT2D eigenvalue weighted by atomic mass is 10.1. The fourth-order valence-electron chi connectivity index (χ4n) is 3.23. The van der Waals surface area contributed by atoms with Crippen molar-refractivity contribution < 1.29 is 13.2 Å². The van der Waals surface area contributed by atoms with Gasteiger partial charge in [0, 0.05) is 39.3 Å². The van der Waals surface area contributed by atoms with E-state index in [1.807, 2.05) is 4.90 Å².